The average Bonchev–Trinajstić information content (AvgIpc) is 3.08. The summed E-state index contributed by atoms with van der Waals surface area (Å²) in [5, 5.41) is 2.69. The molecule has 0 spiro atoms. The van der Waals surface area contributed by atoms with E-state index in [0.717, 1.165) is 36.2 Å². The van der Waals surface area contributed by atoms with E-state index in [-0.39, 0.29) is 11.4 Å². The fourth-order valence-corrected chi connectivity index (χ4v) is 6.45. The Labute approximate surface area is 194 Å². The van der Waals surface area contributed by atoms with Crippen LogP contribution in [0.4, 0.5) is 11.4 Å². The number of benzene rings is 2. The molecule has 2 aliphatic rings. The molecule has 0 bridgehead atoms. The quantitative estimate of drug-likeness (QED) is 0.685. The maximum atomic E-state index is 12.9. The topological polar surface area (TPSA) is 113 Å². The zero-order chi connectivity index (χ0) is 23.6. The van der Waals surface area contributed by atoms with Crippen LogP contribution in [-0.2, 0) is 24.8 Å². The molecular formula is C22H27N3O6S2. The Hall–Kier alpha value is -2.63. The van der Waals surface area contributed by atoms with Crippen LogP contribution in [0.15, 0.2) is 53.4 Å². The van der Waals surface area contributed by atoms with Crippen LogP contribution >= 0.6 is 0 Å². The van der Waals surface area contributed by atoms with Crippen LogP contribution in [0.3, 0.4) is 0 Å². The standard InChI is InChI=1S/C22H27N3O6S2/c1-32(27,28)25-16-21(31-20-9-5-4-8-19(20)25)22(26)23-17-10-12-18(13-11-17)33(29,30)24-14-6-2-3-7-15-24/h4-5,8-13,21H,2-3,6-7,14-16H2,1H3,(H,23,26). The van der Waals surface area contributed by atoms with Crippen molar-refractivity contribution in [3.05, 3.63) is 48.5 Å². The van der Waals surface area contributed by atoms with E-state index in [0.29, 0.717) is 30.2 Å². The van der Waals surface area contributed by atoms with E-state index in [4.69, 9.17) is 4.74 Å². The van der Waals surface area contributed by atoms with E-state index >= 15 is 0 Å². The van der Waals surface area contributed by atoms with Crippen molar-refractivity contribution in [1.82, 2.24) is 4.31 Å². The lowest BCUT2D eigenvalue weighted by Gasteiger charge is -2.33. The molecule has 4 rings (SSSR count). The van der Waals surface area contributed by atoms with E-state index in [1.54, 1.807) is 24.3 Å². The second-order valence-corrected chi connectivity index (χ2v) is 12.0. The van der Waals surface area contributed by atoms with Crippen molar-refractivity contribution in [2.75, 3.05) is 35.5 Å². The molecule has 9 nitrogen and oxygen atoms in total. The van der Waals surface area contributed by atoms with E-state index in [1.807, 2.05) is 0 Å². The number of ether oxygens (including phenoxy) is 1. The number of nitrogens with zero attached hydrogens (tertiary/aromatic N) is 2. The number of rotatable bonds is 5. The van der Waals surface area contributed by atoms with Gasteiger partial charge in [0, 0.05) is 18.8 Å². The summed E-state index contributed by atoms with van der Waals surface area (Å²) in [4.78, 5) is 13.0. The number of anilines is 2. The number of carbonyl (C=O) groups is 1. The predicted molar refractivity (Wildman–Crippen MR) is 125 cm³/mol. The van der Waals surface area contributed by atoms with Gasteiger partial charge in [-0.15, -0.1) is 0 Å². The van der Waals surface area contributed by atoms with Gasteiger partial charge in [0.25, 0.3) is 5.91 Å². The second-order valence-electron chi connectivity index (χ2n) is 8.20. The summed E-state index contributed by atoms with van der Waals surface area (Å²) >= 11 is 0. The summed E-state index contributed by atoms with van der Waals surface area (Å²) in [6.07, 6.45) is 3.77. The SMILES string of the molecule is CS(=O)(=O)N1CC(C(=O)Nc2ccc(S(=O)(=O)N3CCCCCC3)cc2)Oc2ccccc21. The van der Waals surface area contributed by atoms with E-state index in [9.17, 15) is 21.6 Å². The van der Waals surface area contributed by atoms with Crippen molar-refractivity contribution in [1.29, 1.82) is 0 Å². The van der Waals surface area contributed by atoms with Gasteiger partial charge in [-0.05, 0) is 49.2 Å². The lowest BCUT2D eigenvalue weighted by Crippen LogP contribution is -2.48. The number of amides is 1. The molecule has 1 fully saturated rings. The monoisotopic (exact) mass is 493 g/mol. The number of nitrogens with one attached hydrogen (secondary N) is 1. The molecule has 1 amide bonds. The van der Waals surface area contributed by atoms with Crippen molar-refractivity contribution in [3.8, 4) is 5.75 Å². The van der Waals surface area contributed by atoms with Gasteiger partial charge in [-0.3, -0.25) is 9.10 Å². The average molecular weight is 494 g/mol. The lowest BCUT2D eigenvalue weighted by molar-refractivity contribution is -0.122. The van der Waals surface area contributed by atoms with Crippen molar-refractivity contribution in [3.63, 3.8) is 0 Å². The number of sulfonamides is 2. The van der Waals surface area contributed by atoms with Gasteiger partial charge in [0.2, 0.25) is 20.0 Å². The minimum absolute atomic E-state index is 0.164. The summed E-state index contributed by atoms with van der Waals surface area (Å²) in [5.74, 6) is -0.227. The molecule has 178 valence electrons. The van der Waals surface area contributed by atoms with Crippen LogP contribution in [0.5, 0.6) is 5.75 Å². The number of hydrogen-bond donors (Lipinski definition) is 1. The number of para-hydroxylation sites is 2. The highest BCUT2D eigenvalue weighted by Gasteiger charge is 2.35. The second kappa shape index (κ2) is 9.32. The Balaban J connectivity index is 1.48. The van der Waals surface area contributed by atoms with E-state index in [1.165, 1.54) is 28.6 Å². The molecule has 0 aromatic heterocycles. The van der Waals surface area contributed by atoms with Gasteiger partial charge in [-0.2, -0.15) is 4.31 Å². The number of carbonyl (C=O) groups excluding carboxylic acids is 1. The number of hydrogen-bond acceptors (Lipinski definition) is 6. The summed E-state index contributed by atoms with van der Waals surface area (Å²) in [6.45, 7) is 0.861. The Morgan fingerprint density at radius 3 is 2.21 bits per heavy atom. The Bertz CT molecular complexity index is 1220. The van der Waals surface area contributed by atoms with Gasteiger partial charge >= 0.3 is 0 Å². The molecule has 1 N–H and O–H groups in total. The Morgan fingerprint density at radius 1 is 0.939 bits per heavy atom. The molecule has 0 saturated carbocycles. The third-order valence-corrected chi connectivity index (χ3v) is 8.81. The Kier molecular flexibility index (Phi) is 6.64. The normalized spacial score (nSPS) is 19.8. The molecule has 2 aliphatic heterocycles. The molecular weight excluding hydrogens is 466 g/mol. The first-order valence-corrected chi connectivity index (χ1v) is 14.1. The molecule has 1 saturated heterocycles. The third kappa shape index (κ3) is 5.15. The zero-order valence-electron chi connectivity index (χ0n) is 18.3. The molecule has 2 aromatic carbocycles. The first kappa shape index (κ1) is 23.5. The van der Waals surface area contributed by atoms with Gasteiger partial charge < -0.3 is 10.1 Å². The molecule has 1 atom stereocenters. The van der Waals surface area contributed by atoms with Crippen molar-refractivity contribution >= 4 is 37.3 Å². The van der Waals surface area contributed by atoms with Gasteiger partial charge in [-0.25, -0.2) is 16.8 Å². The minimum atomic E-state index is -3.61. The minimum Gasteiger partial charge on any atom is -0.476 e. The number of fused-ring (bicyclic) bond motifs is 1. The third-order valence-electron chi connectivity index (χ3n) is 5.75. The highest BCUT2D eigenvalue weighted by atomic mass is 32.2. The highest BCUT2D eigenvalue weighted by Crippen LogP contribution is 2.34. The summed E-state index contributed by atoms with van der Waals surface area (Å²) < 4.78 is 58.7. The molecule has 11 heteroatoms. The zero-order valence-corrected chi connectivity index (χ0v) is 19.9. The molecule has 0 aliphatic carbocycles. The smallest absolute Gasteiger partial charge is 0.267 e. The molecule has 2 heterocycles. The molecule has 0 radical (unpaired) electrons. The summed E-state index contributed by atoms with van der Waals surface area (Å²) in [5.41, 5.74) is 0.773. The van der Waals surface area contributed by atoms with Gasteiger partial charge in [0.15, 0.2) is 6.10 Å². The summed E-state index contributed by atoms with van der Waals surface area (Å²) in [7, 11) is -7.20. The largest absolute Gasteiger partial charge is 0.476 e. The molecule has 1 unspecified atom stereocenters. The lowest BCUT2D eigenvalue weighted by atomic mass is 10.2. The van der Waals surface area contributed by atoms with Gasteiger partial charge in [0.05, 0.1) is 23.4 Å². The molecule has 2 aromatic rings. The van der Waals surface area contributed by atoms with Crippen LogP contribution in [0.1, 0.15) is 25.7 Å². The van der Waals surface area contributed by atoms with E-state index in [2.05, 4.69) is 5.32 Å². The fourth-order valence-electron chi connectivity index (χ4n) is 4.02. The van der Waals surface area contributed by atoms with Crippen LogP contribution < -0.4 is 14.4 Å². The first-order chi connectivity index (χ1) is 15.7. The van der Waals surface area contributed by atoms with Crippen molar-refractivity contribution in [2.45, 2.75) is 36.7 Å². The van der Waals surface area contributed by atoms with Gasteiger partial charge in [0.1, 0.15) is 5.75 Å². The van der Waals surface area contributed by atoms with Crippen LogP contribution in [0.2, 0.25) is 0 Å². The maximum absolute atomic E-state index is 12.9. The summed E-state index contributed by atoms with van der Waals surface area (Å²) in [6, 6.07) is 12.6. The van der Waals surface area contributed by atoms with Crippen LogP contribution in [-0.4, -0.2) is 59.0 Å². The van der Waals surface area contributed by atoms with Crippen LogP contribution in [0.25, 0.3) is 0 Å². The highest BCUT2D eigenvalue weighted by molar-refractivity contribution is 7.92. The fraction of sp³-hybridized carbons (Fsp3) is 0.409. The van der Waals surface area contributed by atoms with Crippen molar-refractivity contribution in [2.24, 2.45) is 0 Å². The predicted octanol–water partition coefficient (Wildman–Crippen LogP) is 2.42. The van der Waals surface area contributed by atoms with Crippen molar-refractivity contribution < 1.29 is 26.4 Å². The molecule has 33 heavy (non-hydrogen) atoms. The Morgan fingerprint density at radius 2 is 1.58 bits per heavy atom. The van der Waals surface area contributed by atoms with E-state index < -0.39 is 32.1 Å². The van der Waals surface area contributed by atoms with Crippen LogP contribution in [0, 0.1) is 0 Å². The van der Waals surface area contributed by atoms with Gasteiger partial charge in [-0.1, -0.05) is 25.0 Å². The first-order valence-electron chi connectivity index (χ1n) is 10.8. The maximum Gasteiger partial charge on any atom is 0.267 e.